The zero-order valence-corrected chi connectivity index (χ0v) is 12.9. The molecule has 0 atom stereocenters. The minimum Gasteiger partial charge on any atom is -0.348 e. The molecule has 0 aliphatic rings. The molecule has 4 nitrogen and oxygen atoms in total. The Morgan fingerprint density at radius 2 is 2.05 bits per heavy atom. The second-order valence-electron chi connectivity index (χ2n) is 4.86. The zero-order chi connectivity index (χ0) is 15.0. The van der Waals surface area contributed by atoms with E-state index in [0.717, 1.165) is 37.1 Å². The topological polar surface area (TPSA) is 49.0 Å². The number of rotatable bonds is 7. The lowest BCUT2D eigenvalue weighted by atomic mass is 10.2. The van der Waals surface area contributed by atoms with Crippen molar-refractivity contribution in [2.24, 2.45) is 0 Å². The van der Waals surface area contributed by atoms with Gasteiger partial charge >= 0.3 is 0 Å². The van der Waals surface area contributed by atoms with E-state index in [4.69, 9.17) is 0 Å². The summed E-state index contributed by atoms with van der Waals surface area (Å²) in [4.78, 5) is 21.3. The molecule has 0 unspecified atom stereocenters. The smallest absolute Gasteiger partial charge is 0.282 e. The molecule has 1 heterocycles. The molecular formula is C16H25N3O. The maximum atomic E-state index is 12.6. The first-order valence-electron chi connectivity index (χ1n) is 7.28. The van der Waals surface area contributed by atoms with E-state index in [1.807, 2.05) is 26.1 Å². The van der Waals surface area contributed by atoms with Gasteiger partial charge < -0.3 is 4.98 Å². The van der Waals surface area contributed by atoms with E-state index in [9.17, 15) is 4.79 Å². The molecule has 1 aromatic rings. The van der Waals surface area contributed by atoms with E-state index in [-0.39, 0.29) is 5.91 Å². The van der Waals surface area contributed by atoms with E-state index >= 15 is 0 Å². The van der Waals surface area contributed by atoms with Crippen molar-refractivity contribution in [2.75, 3.05) is 0 Å². The van der Waals surface area contributed by atoms with Gasteiger partial charge in [-0.05, 0) is 26.7 Å². The fourth-order valence-electron chi connectivity index (χ4n) is 1.83. The summed E-state index contributed by atoms with van der Waals surface area (Å²) in [5, 5.41) is 0. The van der Waals surface area contributed by atoms with Gasteiger partial charge in [0.05, 0.1) is 6.33 Å². The Morgan fingerprint density at radius 1 is 1.35 bits per heavy atom. The van der Waals surface area contributed by atoms with E-state index in [1.54, 1.807) is 11.2 Å². The highest BCUT2D eigenvalue weighted by atomic mass is 16.2. The van der Waals surface area contributed by atoms with Crippen molar-refractivity contribution in [1.82, 2.24) is 14.9 Å². The minimum atomic E-state index is -0.0824. The van der Waals surface area contributed by atoms with Gasteiger partial charge in [-0.1, -0.05) is 38.8 Å². The van der Waals surface area contributed by atoms with Crippen LogP contribution in [0.2, 0.25) is 0 Å². The highest BCUT2D eigenvalue weighted by molar-refractivity contribution is 5.95. The van der Waals surface area contributed by atoms with Crippen LogP contribution in [0.5, 0.6) is 0 Å². The Labute approximate surface area is 121 Å². The number of unbranched alkanes of at least 4 members (excludes halogenated alkanes) is 2. The molecule has 0 aliphatic heterocycles. The molecule has 0 bridgehead atoms. The molecule has 1 amide bonds. The number of carbonyl (C=O) groups excluding carboxylic acids is 1. The van der Waals surface area contributed by atoms with Gasteiger partial charge in [-0.25, -0.2) is 4.98 Å². The number of amides is 1. The monoisotopic (exact) mass is 275 g/mol. The number of aromatic amines is 1. The predicted molar refractivity (Wildman–Crippen MR) is 82.2 cm³/mol. The molecule has 0 aliphatic carbocycles. The zero-order valence-electron chi connectivity index (χ0n) is 12.9. The van der Waals surface area contributed by atoms with Crippen molar-refractivity contribution in [1.29, 1.82) is 0 Å². The fraction of sp³-hybridized carbons (Fsp3) is 0.500. The summed E-state index contributed by atoms with van der Waals surface area (Å²) < 4.78 is 0. The molecule has 110 valence electrons. The number of hydrogen-bond acceptors (Lipinski definition) is 2. The Hall–Kier alpha value is -1.84. The molecule has 0 fully saturated rings. The Morgan fingerprint density at radius 3 is 2.60 bits per heavy atom. The van der Waals surface area contributed by atoms with E-state index in [2.05, 4.69) is 29.9 Å². The van der Waals surface area contributed by atoms with Crippen molar-refractivity contribution < 1.29 is 4.79 Å². The summed E-state index contributed by atoms with van der Waals surface area (Å²) in [7, 11) is 0. The molecule has 0 spiro atoms. The fourth-order valence-corrected chi connectivity index (χ4v) is 1.83. The van der Waals surface area contributed by atoms with Gasteiger partial charge in [0.2, 0.25) is 0 Å². The highest BCUT2D eigenvalue weighted by Crippen LogP contribution is 2.14. The van der Waals surface area contributed by atoms with Crippen molar-refractivity contribution in [3.05, 3.63) is 41.8 Å². The molecule has 0 radical (unpaired) electrons. The average molecular weight is 275 g/mol. The van der Waals surface area contributed by atoms with Gasteiger partial charge in [0, 0.05) is 17.6 Å². The summed E-state index contributed by atoms with van der Waals surface area (Å²) in [6.07, 6.45) is 11.6. The van der Waals surface area contributed by atoms with Crippen molar-refractivity contribution in [2.45, 2.75) is 53.4 Å². The third-order valence-corrected chi connectivity index (χ3v) is 3.07. The van der Waals surface area contributed by atoms with E-state index in [1.165, 1.54) is 0 Å². The predicted octanol–water partition coefficient (Wildman–Crippen LogP) is 4.18. The number of nitrogens with one attached hydrogen (secondary N) is 1. The van der Waals surface area contributed by atoms with Crippen LogP contribution in [-0.4, -0.2) is 20.8 Å². The molecular weight excluding hydrogens is 250 g/mol. The third-order valence-electron chi connectivity index (χ3n) is 3.07. The second kappa shape index (κ2) is 8.35. The van der Waals surface area contributed by atoms with Crippen LogP contribution in [0.15, 0.2) is 30.4 Å². The molecule has 0 saturated carbocycles. The molecule has 0 saturated heterocycles. The maximum Gasteiger partial charge on any atom is 0.282 e. The quantitative estimate of drug-likeness (QED) is 0.811. The third kappa shape index (κ3) is 4.37. The number of carbonyl (C=O) groups is 1. The molecule has 20 heavy (non-hydrogen) atoms. The first-order chi connectivity index (χ1) is 9.61. The standard InChI is InChI=1S/C16H25N3O/c1-5-7-9-11-19(13(3)10-8-6-2)16(20)15-14(4)17-12-18-15/h9-12H,5-8H2,1-4H3,(H,17,18)/b11-9-,13-10+. The van der Waals surface area contributed by atoms with Gasteiger partial charge in [0.25, 0.3) is 5.91 Å². The molecule has 4 heteroatoms. The largest absolute Gasteiger partial charge is 0.348 e. The summed E-state index contributed by atoms with van der Waals surface area (Å²) >= 11 is 0. The van der Waals surface area contributed by atoms with Crippen LogP contribution >= 0.6 is 0 Å². The Bertz CT molecular complexity index is 486. The highest BCUT2D eigenvalue weighted by Gasteiger charge is 2.19. The number of allylic oxidation sites excluding steroid dienone is 3. The second-order valence-corrected chi connectivity index (χ2v) is 4.86. The maximum absolute atomic E-state index is 12.6. The van der Waals surface area contributed by atoms with Crippen molar-refractivity contribution in [3.8, 4) is 0 Å². The number of aryl methyl sites for hydroxylation is 1. The van der Waals surface area contributed by atoms with Gasteiger partial charge in [0.15, 0.2) is 0 Å². The Kier molecular flexibility index (Phi) is 6.77. The minimum absolute atomic E-state index is 0.0824. The normalized spacial score (nSPS) is 12.1. The first-order valence-corrected chi connectivity index (χ1v) is 7.28. The van der Waals surface area contributed by atoms with Crippen LogP contribution in [0.4, 0.5) is 0 Å². The molecule has 1 N–H and O–H groups in total. The van der Waals surface area contributed by atoms with Crippen molar-refractivity contribution >= 4 is 5.91 Å². The number of imidazole rings is 1. The summed E-state index contributed by atoms with van der Waals surface area (Å²) in [5.41, 5.74) is 2.23. The summed E-state index contributed by atoms with van der Waals surface area (Å²) in [6, 6.07) is 0. The summed E-state index contributed by atoms with van der Waals surface area (Å²) in [5.74, 6) is -0.0824. The van der Waals surface area contributed by atoms with Gasteiger partial charge in [-0.2, -0.15) is 0 Å². The van der Waals surface area contributed by atoms with Crippen LogP contribution < -0.4 is 0 Å². The van der Waals surface area contributed by atoms with Gasteiger partial charge in [0.1, 0.15) is 5.69 Å². The number of hydrogen-bond donors (Lipinski definition) is 1. The summed E-state index contributed by atoms with van der Waals surface area (Å²) in [6.45, 7) is 8.07. The number of H-pyrrole nitrogens is 1. The lowest BCUT2D eigenvalue weighted by molar-refractivity contribution is 0.0851. The SMILES string of the molecule is CCC/C=C\N(C(=O)c1nc[nH]c1C)/C(C)=C/CCC. The average Bonchev–Trinajstić information content (AvgIpc) is 2.86. The van der Waals surface area contributed by atoms with Gasteiger partial charge in [-0.15, -0.1) is 0 Å². The van der Waals surface area contributed by atoms with Crippen LogP contribution in [0, 0.1) is 6.92 Å². The van der Waals surface area contributed by atoms with E-state index < -0.39 is 0 Å². The van der Waals surface area contributed by atoms with Crippen LogP contribution in [0.3, 0.4) is 0 Å². The number of nitrogens with zero attached hydrogens (tertiary/aromatic N) is 2. The lowest BCUT2D eigenvalue weighted by Crippen LogP contribution is -2.25. The van der Waals surface area contributed by atoms with Crippen LogP contribution in [0.1, 0.15) is 62.6 Å². The molecule has 1 aromatic heterocycles. The number of aromatic nitrogens is 2. The molecule has 1 rings (SSSR count). The molecule has 0 aromatic carbocycles. The first kappa shape index (κ1) is 16.2. The van der Waals surface area contributed by atoms with Crippen LogP contribution in [0.25, 0.3) is 0 Å². The lowest BCUT2D eigenvalue weighted by Gasteiger charge is -2.18. The Balaban J connectivity index is 2.98. The van der Waals surface area contributed by atoms with Crippen molar-refractivity contribution in [3.63, 3.8) is 0 Å². The van der Waals surface area contributed by atoms with E-state index in [0.29, 0.717) is 5.69 Å². The van der Waals surface area contributed by atoms with Crippen LogP contribution in [-0.2, 0) is 0 Å². The van der Waals surface area contributed by atoms with Gasteiger partial charge in [-0.3, -0.25) is 9.69 Å².